The van der Waals surface area contributed by atoms with Crippen molar-refractivity contribution in [1.29, 1.82) is 0 Å². The van der Waals surface area contributed by atoms with Gasteiger partial charge in [0, 0.05) is 13.0 Å². The zero-order valence-corrected chi connectivity index (χ0v) is 12.3. The quantitative estimate of drug-likeness (QED) is 0.698. The van der Waals surface area contributed by atoms with Crippen molar-refractivity contribution in [3.05, 3.63) is 0 Å². The average molecular weight is 251 g/mol. The normalized spacial score (nSPS) is 25.1. The highest BCUT2D eigenvalue weighted by Crippen LogP contribution is 2.46. The number of nitrogens with zero attached hydrogens (tertiary/aromatic N) is 1. The van der Waals surface area contributed by atoms with Crippen LogP contribution in [0.4, 0.5) is 0 Å². The Bertz CT molecular complexity index is 269. The van der Waals surface area contributed by atoms with E-state index in [2.05, 4.69) is 25.7 Å². The van der Waals surface area contributed by atoms with Gasteiger partial charge in [-0.2, -0.15) is 0 Å². The van der Waals surface area contributed by atoms with Crippen LogP contribution in [0.5, 0.6) is 0 Å². The fourth-order valence-corrected chi connectivity index (χ4v) is 3.45. The molecule has 1 unspecified atom stereocenters. The Labute approximate surface area is 112 Å². The van der Waals surface area contributed by atoms with Gasteiger partial charge in [-0.15, -0.1) is 0 Å². The minimum atomic E-state index is 0.445. The number of piperidine rings is 1. The lowest BCUT2D eigenvalue weighted by Gasteiger charge is -2.38. The summed E-state index contributed by atoms with van der Waals surface area (Å²) >= 11 is 0. The van der Waals surface area contributed by atoms with E-state index in [9.17, 15) is 4.79 Å². The van der Waals surface area contributed by atoms with Crippen LogP contribution in [-0.4, -0.2) is 30.8 Å². The number of hydrogen-bond acceptors (Lipinski definition) is 2. The summed E-state index contributed by atoms with van der Waals surface area (Å²) in [5.41, 5.74) is 0.445. The van der Waals surface area contributed by atoms with Gasteiger partial charge < -0.3 is 9.69 Å². The predicted octanol–water partition coefficient (Wildman–Crippen LogP) is 3.36. The standard InChI is InChI=1S/C16H29NO/c1-16(2,3)15(14-4-5-14)12-17-9-6-13(7-10-17)8-11-18/h11,13-15H,4-10,12H2,1-3H3. The molecule has 0 amide bonds. The van der Waals surface area contributed by atoms with Gasteiger partial charge in [0.15, 0.2) is 0 Å². The summed E-state index contributed by atoms with van der Waals surface area (Å²) in [4.78, 5) is 13.2. The molecule has 2 fully saturated rings. The maximum Gasteiger partial charge on any atom is 0.120 e. The summed E-state index contributed by atoms with van der Waals surface area (Å²) in [6, 6.07) is 0. The summed E-state index contributed by atoms with van der Waals surface area (Å²) in [5, 5.41) is 0. The van der Waals surface area contributed by atoms with Crippen LogP contribution in [0.2, 0.25) is 0 Å². The highest BCUT2D eigenvalue weighted by molar-refractivity contribution is 5.49. The Balaban J connectivity index is 1.80. The molecule has 0 N–H and O–H groups in total. The Hall–Kier alpha value is -0.370. The summed E-state index contributed by atoms with van der Waals surface area (Å²) in [6.07, 6.45) is 7.22. The van der Waals surface area contributed by atoms with Gasteiger partial charge in [0.05, 0.1) is 0 Å². The van der Waals surface area contributed by atoms with Gasteiger partial charge in [0.1, 0.15) is 6.29 Å². The maximum atomic E-state index is 10.5. The monoisotopic (exact) mass is 251 g/mol. The van der Waals surface area contributed by atoms with E-state index in [1.807, 2.05) is 0 Å². The lowest BCUT2D eigenvalue weighted by Crippen LogP contribution is -2.41. The minimum absolute atomic E-state index is 0.445. The van der Waals surface area contributed by atoms with Crippen molar-refractivity contribution in [2.24, 2.45) is 23.2 Å². The molecule has 1 heterocycles. The van der Waals surface area contributed by atoms with Crippen molar-refractivity contribution >= 4 is 6.29 Å². The minimum Gasteiger partial charge on any atom is -0.303 e. The summed E-state index contributed by atoms with van der Waals surface area (Å²) in [6.45, 7) is 10.9. The van der Waals surface area contributed by atoms with Gasteiger partial charge in [-0.3, -0.25) is 0 Å². The Morgan fingerprint density at radius 3 is 2.22 bits per heavy atom. The number of hydrogen-bond donors (Lipinski definition) is 0. The zero-order valence-electron chi connectivity index (χ0n) is 12.3. The van der Waals surface area contributed by atoms with E-state index in [4.69, 9.17) is 0 Å². The summed E-state index contributed by atoms with van der Waals surface area (Å²) in [7, 11) is 0. The van der Waals surface area contributed by atoms with Crippen LogP contribution in [0.25, 0.3) is 0 Å². The van der Waals surface area contributed by atoms with Gasteiger partial charge in [-0.25, -0.2) is 0 Å². The van der Waals surface area contributed by atoms with Crippen molar-refractivity contribution in [1.82, 2.24) is 4.90 Å². The molecule has 1 aliphatic carbocycles. The molecular weight excluding hydrogens is 222 g/mol. The van der Waals surface area contributed by atoms with Gasteiger partial charge in [-0.05, 0) is 61.9 Å². The molecule has 1 aliphatic heterocycles. The Morgan fingerprint density at radius 1 is 1.17 bits per heavy atom. The second kappa shape index (κ2) is 5.73. The van der Waals surface area contributed by atoms with Crippen LogP contribution in [0.3, 0.4) is 0 Å². The highest BCUT2D eigenvalue weighted by Gasteiger charge is 2.39. The third-order valence-electron chi connectivity index (χ3n) is 4.90. The molecule has 0 bridgehead atoms. The van der Waals surface area contributed by atoms with E-state index in [1.165, 1.54) is 45.3 Å². The van der Waals surface area contributed by atoms with Crippen LogP contribution in [0, 0.1) is 23.2 Å². The molecule has 1 atom stereocenters. The number of carbonyl (C=O) groups excluding carboxylic acids is 1. The lowest BCUT2D eigenvalue weighted by atomic mass is 9.77. The second-order valence-electron chi connectivity index (χ2n) is 7.46. The highest BCUT2D eigenvalue weighted by atomic mass is 16.1. The van der Waals surface area contributed by atoms with Crippen LogP contribution in [0.15, 0.2) is 0 Å². The smallest absolute Gasteiger partial charge is 0.120 e. The van der Waals surface area contributed by atoms with Crippen molar-refractivity contribution < 1.29 is 4.79 Å². The molecule has 104 valence electrons. The molecular formula is C16H29NO. The maximum absolute atomic E-state index is 10.5. The van der Waals surface area contributed by atoms with Crippen LogP contribution >= 0.6 is 0 Å². The second-order valence-corrected chi connectivity index (χ2v) is 7.46. The number of aldehydes is 1. The van der Waals surface area contributed by atoms with Gasteiger partial charge in [-0.1, -0.05) is 20.8 Å². The molecule has 2 heteroatoms. The molecule has 0 radical (unpaired) electrons. The van der Waals surface area contributed by atoms with Crippen molar-refractivity contribution in [2.75, 3.05) is 19.6 Å². The van der Waals surface area contributed by atoms with Gasteiger partial charge >= 0.3 is 0 Å². The molecule has 2 rings (SSSR count). The largest absolute Gasteiger partial charge is 0.303 e. The van der Waals surface area contributed by atoms with Crippen molar-refractivity contribution in [3.8, 4) is 0 Å². The third kappa shape index (κ3) is 3.81. The fourth-order valence-electron chi connectivity index (χ4n) is 3.45. The van der Waals surface area contributed by atoms with Crippen LogP contribution < -0.4 is 0 Å². The number of carbonyl (C=O) groups is 1. The molecule has 1 saturated carbocycles. The number of rotatable bonds is 5. The van der Waals surface area contributed by atoms with E-state index >= 15 is 0 Å². The summed E-state index contributed by atoms with van der Waals surface area (Å²) < 4.78 is 0. The SMILES string of the molecule is CC(C)(C)C(CN1CCC(CC=O)CC1)C1CC1. The predicted molar refractivity (Wildman–Crippen MR) is 75.5 cm³/mol. The van der Waals surface area contributed by atoms with E-state index < -0.39 is 0 Å². The van der Waals surface area contributed by atoms with Crippen molar-refractivity contribution in [2.45, 2.75) is 52.9 Å². The average Bonchev–Trinajstić information content (AvgIpc) is 3.11. The fraction of sp³-hybridized carbons (Fsp3) is 0.938. The van der Waals surface area contributed by atoms with E-state index in [0.29, 0.717) is 11.3 Å². The van der Waals surface area contributed by atoms with Crippen LogP contribution in [-0.2, 0) is 4.79 Å². The molecule has 1 saturated heterocycles. The van der Waals surface area contributed by atoms with Crippen molar-refractivity contribution in [3.63, 3.8) is 0 Å². The van der Waals surface area contributed by atoms with E-state index in [0.717, 1.165) is 24.5 Å². The first-order valence-corrected chi connectivity index (χ1v) is 7.66. The third-order valence-corrected chi connectivity index (χ3v) is 4.90. The lowest BCUT2D eigenvalue weighted by molar-refractivity contribution is -0.108. The molecule has 2 aliphatic rings. The molecule has 0 aromatic heterocycles. The zero-order chi connectivity index (χ0) is 13.2. The van der Waals surface area contributed by atoms with Gasteiger partial charge in [0.25, 0.3) is 0 Å². The first kappa shape index (κ1) is 14.0. The Kier molecular flexibility index (Phi) is 4.47. The molecule has 0 spiro atoms. The molecule has 18 heavy (non-hydrogen) atoms. The van der Waals surface area contributed by atoms with E-state index in [-0.39, 0.29) is 0 Å². The van der Waals surface area contributed by atoms with Crippen LogP contribution in [0.1, 0.15) is 52.9 Å². The molecule has 0 aromatic carbocycles. The van der Waals surface area contributed by atoms with Gasteiger partial charge in [0.2, 0.25) is 0 Å². The van der Waals surface area contributed by atoms with E-state index in [1.54, 1.807) is 0 Å². The molecule has 2 nitrogen and oxygen atoms in total. The topological polar surface area (TPSA) is 20.3 Å². The first-order chi connectivity index (χ1) is 8.50. The molecule has 0 aromatic rings. The summed E-state index contributed by atoms with van der Waals surface area (Å²) in [5.74, 6) is 2.51. The first-order valence-electron chi connectivity index (χ1n) is 7.66. The Morgan fingerprint density at radius 2 is 1.78 bits per heavy atom. The number of likely N-dealkylation sites (tertiary alicyclic amines) is 1.